The van der Waals surface area contributed by atoms with Gasteiger partial charge in [-0.2, -0.15) is 0 Å². The molecule has 0 saturated carbocycles. The lowest BCUT2D eigenvalue weighted by molar-refractivity contribution is 0.133. The highest BCUT2D eigenvalue weighted by atomic mass is 35.5. The van der Waals surface area contributed by atoms with Crippen LogP contribution in [-0.4, -0.2) is 16.2 Å². The van der Waals surface area contributed by atoms with E-state index >= 15 is 0 Å². The van der Waals surface area contributed by atoms with E-state index in [-0.39, 0.29) is 18.4 Å². The summed E-state index contributed by atoms with van der Waals surface area (Å²) in [6.45, 7) is 2.12. The van der Waals surface area contributed by atoms with E-state index in [1.807, 2.05) is 30.5 Å². The van der Waals surface area contributed by atoms with Gasteiger partial charge in [-0.15, -0.1) is 12.4 Å². The van der Waals surface area contributed by atoms with Gasteiger partial charge in [0.05, 0.1) is 12.1 Å². The average molecular weight is 269 g/mol. The molecule has 0 amide bonds. The number of aromatic amines is 1. The molecule has 2 atom stereocenters. The van der Waals surface area contributed by atoms with Crippen LogP contribution in [0.4, 0.5) is 0 Å². The van der Waals surface area contributed by atoms with E-state index in [9.17, 15) is 5.11 Å². The summed E-state index contributed by atoms with van der Waals surface area (Å²) >= 11 is 0. The Labute approximate surface area is 114 Å². The molecule has 0 aliphatic carbocycles. The monoisotopic (exact) mass is 268 g/mol. The summed E-state index contributed by atoms with van der Waals surface area (Å²) < 4.78 is 0. The molecule has 4 heteroatoms. The predicted molar refractivity (Wildman–Crippen MR) is 78.0 cm³/mol. The van der Waals surface area contributed by atoms with Gasteiger partial charge in [-0.25, -0.2) is 0 Å². The molecule has 1 aromatic heterocycles. The maximum absolute atomic E-state index is 10.1. The highest BCUT2D eigenvalue weighted by Gasteiger charge is 2.18. The van der Waals surface area contributed by atoms with Gasteiger partial charge in [-0.1, -0.05) is 31.9 Å². The maximum atomic E-state index is 10.1. The van der Waals surface area contributed by atoms with Gasteiger partial charge >= 0.3 is 0 Å². The van der Waals surface area contributed by atoms with Gasteiger partial charge in [0.1, 0.15) is 0 Å². The Morgan fingerprint density at radius 3 is 2.83 bits per heavy atom. The molecule has 0 bridgehead atoms. The Balaban J connectivity index is 0.00000162. The van der Waals surface area contributed by atoms with E-state index in [0.29, 0.717) is 0 Å². The normalized spacial score (nSPS) is 14.2. The summed E-state index contributed by atoms with van der Waals surface area (Å²) in [5.41, 5.74) is 8.23. The second kappa shape index (κ2) is 6.78. The average Bonchev–Trinajstić information content (AvgIpc) is 2.82. The fourth-order valence-corrected chi connectivity index (χ4v) is 2.20. The number of nitrogens with two attached hydrogens (primary N) is 1. The van der Waals surface area contributed by atoms with E-state index in [4.69, 9.17) is 5.73 Å². The minimum Gasteiger partial charge on any atom is -0.391 e. The summed E-state index contributed by atoms with van der Waals surface area (Å²) in [7, 11) is 0. The molecule has 0 radical (unpaired) electrons. The van der Waals surface area contributed by atoms with Crippen LogP contribution < -0.4 is 5.73 Å². The number of aliphatic hydroxyl groups excluding tert-OH is 1. The first-order chi connectivity index (χ1) is 8.24. The van der Waals surface area contributed by atoms with Crippen LogP contribution in [0.3, 0.4) is 0 Å². The first kappa shape index (κ1) is 15.0. The molecule has 0 saturated heterocycles. The summed E-state index contributed by atoms with van der Waals surface area (Å²) in [5, 5.41) is 11.2. The van der Waals surface area contributed by atoms with Crippen molar-refractivity contribution in [2.45, 2.75) is 38.3 Å². The van der Waals surface area contributed by atoms with E-state index in [0.717, 1.165) is 35.7 Å². The standard InChI is InChI=1S/C14H20N2O.ClH/c1-2-3-7-13(17)14(15)11-5-4-6-12-10(11)8-9-16-12;/h4-6,8-9,13-14,16-17H,2-3,7,15H2,1H3;1H/t13-,14+;/m1./s1. The van der Waals surface area contributed by atoms with Crippen LogP contribution in [0.2, 0.25) is 0 Å². The van der Waals surface area contributed by atoms with Crippen LogP contribution >= 0.6 is 12.4 Å². The third-order valence-corrected chi connectivity index (χ3v) is 3.26. The summed E-state index contributed by atoms with van der Waals surface area (Å²) in [6, 6.07) is 7.69. The van der Waals surface area contributed by atoms with Crippen LogP contribution in [0.25, 0.3) is 10.9 Å². The van der Waals surface area contributed by atoms with E-state index < -0.39 is 6.10 Å². The zero-order valence-electron chi connectivity index (χ0n) is 10.6. The molecule has 0 spiro atoms. The number of halogens is 1. The molecular formula is C14H21ClN2O. The number of fused-ring (bicyclic) bond motifs is 1. The van der Waals surface area contributed by atoms with Crippen LogP contribution in [0.15, 0.2) is 30.5 Å². The Morgan fingerprint density at radius 2 is 2.11 bits per heavy atom. The quantitative estimate of drug-likeness (QED) is 0.780. The molecule has 2 rings (SSSR count). The molecular weight excluding hydrogens is 248 g/mol. The fourth-order valence-electron chi connectivity index (χ4n) is 2.20. The molecule has 0 aliphatic heterocycles. The van der Waals surface area contributed by atoms with Crippen molar-refractivity contribution in [1.29, 1.82) is 0 Å². The zero-order chi connectivity index (χ0) is 12.3. The van der Waals surface area contributed by atoms with E-state index in [1.54, 1.807) is 0 Å². The van der Waals surface area contributed by atoms with Crippen LogP contribution in [0.5, 0.6) is 0 Å². The van der Waals surface area contributed by atoms with E-state index in [1.165, 1.54) is 0 Å². The molecule has 1 aromatic carbocycles. The van der Waals surface area contributed by atoms with Crippen molar-refractivity contribution in [1.82, 2.24) is 4.98 Å². The largest absolute Gasteiger partial charge is 0.391 e. The van der Waals surface area contributed by atoms with Crippen molar-refractivity contribution in [2.75, 3.05) is 0 Å². The molecule has 4 N–H and O–H groups in total. The number of benzene rings is 1. The molecule has 0 unspecified atom stereocenters. The Bertz CT molecular complexity index is 483. The minimum absolute atomic E-state index is 0. The number of aliphatic hydroxyl groups is 1. The predicted octanol–water partition coefficient (Wildman–Crippen LogP) is 3.14. The molecule has 100 valence electrons. The fraction of sp³-hybridized carbons (Fsp3) is 0.429. The first-order valence-corrected chi connectivity index (χ1v) is 6.23. The number of hydrogen-bond acceptors (Lipinski definition) is 2. The lowest BCUT2D eigenvalue weighted by atomic mass is 9.96. The third-order valence-electron chi connectivity index (χ3n) is 3.26. The lowest BCUT2D eigenvalue weighted by Crippen LogP contribution is -2.26. The van der Waals surface area contributed by atoms with Gasteiger partial charge in [0.2, 0.25) is 0 Å². The van der Waals surface area contributed by atoms with Crippen LogP contribution in [0.1, 0.15) is 37.8 Å². The van der Waals surface area contributed by atoms with Crippen molar-refractivity contribution in [3.05, 3.63) is 36.0 Å². The Morgan fingerprint density at radius 1 is 1.33 bits per heavy atom. The highest BCUT2D eigenvalue weighted by Crippen LogP contribution is 2.25. The molecule has 1 heterocycles. The molecule has 3 nitrogen and oxygen atoms in total. The maximum Gasteiger partial charge on any atom is 0.0733 e. The highest BCUT2D eigenvalue weighted by molar-refractivity contribution is 5.85. The van der Waals surface area contributed by atoms with Crippen LogP contribution in [0, 0.1) is 0 Å². The number of rotatable bonds is 5. The van der Waals surface area contributed by atoms with Crippen molar-refractivity contribution >= 4 is 23.3 Å². The lowest BCUT2D eigenvalue weighted by Gasteiger charge is -2.19. The summed E-state index contributed by atoms with van der Waals surface area (Å²) in [4.78, 5) is 3.16. The van der Waals surface area contributed by atoms with Crippen molar-refractivity contribution in [3.8, 4) is 0 Å². The van der Waals surface area contributed by atoms with Crippen molar-refractivity contribution < 1.29 is 5.11 Å². The van der Waals surface area contributed by atoms with Gasteiger partial charge in [-0.3, -0.25) is 0 Å². The number of unbranched alkanes of at least 4 members (excludes halogenated alkanes) is 1. The number of H-pyrrole nitrogens is 1. The minimum atomic E-state index is -0.463. The molecule has 2 aromatic rings. The second-order valence-corrected chi connectivity index (χ2v) is 4.52. The van der Waals surface area contributed by atoms with Gasteiger partial charge in [0, 0.05) is 17.1 Å². The second-order valence-electron chi connectivity index (χ2n) is 4.52. The van der Waals surface area contributed by atoms with Gasteiger partial charge in [0.25, 0.3) is 0 Å². The number of aromatic nitrogens is 1. The summed E-state index contributed by atoms with van der Waals surface area (Å²) in [6.07, 6.45) is 4.30. The van der Waals surface area contributed by atoms with Crippen molar-refractivity contribution in [3.63, 3.8) is 0 Å². The SMILES string of the molecule is CCCC[C@@H](O)[C@@H](N)c1cccc2[nH]ccc12.Cl. The number of nitrogens with one attached hydrogen (secondary N) is 1. The third kappa shape index (κ3) is 3.05. The first-order valence-electron chi connectivity index (χ1n) is 6.23. The van der Waals surface area contributed by atoms with Gasteiger partial charge in [0.15, 0.2) is 0 Å². The summed E-state index contributed by atoms with van der Waals surface area (Å²) in [5.74, 6) is 0. The van der Waals surface area contributed by atoms with E-state index in [2.05, 4.69) is 11.9 Å². The molecule has 0 aliphatic rings. The Kier molecular flexibility index (Phi) is 5.66. The zero-order valence-corrected chi connectivity index (χ0v) is 11.4. The molecule has 18 heavy (non-hydrogen) atoms. The van der Waals surface area contributed by atoms with Gasteiger partial charge in [-0.05, 0) is 24.1 Å². The van der Waals surface area contributed by atoms with Crippen LogP contribution in [-0.2, 0) is 0 Å². The number of hydrogen-bond donors (Lipinski definition) is 3. The Hall–Kier alpha value is -1.03. The topological polar surface area (TPSA) is 62.0 Å². The van der Waals surface area contributed by atoms with Crippen molar-refractivity contribution in [2.24, 2.45) is 5.73 Å². The molecule has 0 fully saturated rings. The smallest absolute Gasteiger partial charge is 0.0733 e. The van der Waals surface area contributed by atoms with Gasteiger partial charge < -0.3 is 15.8 Å².